The highest BCUT2D eigenvalue weighted by molar-refractivity contribution is 7.91. The summed E-state index contributed by atoms with van der Waals surface area (Å²) in [6, 6.07) is 8.80. The van der Waals surface area contributed by atoms with E-state index in [-0.39, 0.29) is 5.75 Å². The van der Waals surface area contributed by atoms with Gasteiger partial charge in [0.2, 0.25) is 0 Å². The quantitative estimate of drug-likeness (QED) is 0.873. The second-order valence-electron chi connectivity index (χ2n) is 4.12. The lowest BCUT2D eigenvalue weighted by atomic mass is 10.2. The molecule has 1 unspecified atom stereocenters. The Bertz CT molecular complexity index is 478. The lowest BCUT2D eigenvalue weighted by Crippen LogP contribution is -2.24. The maximum Gasteiger partial charge on any atom is 0.307 e. The van der Waals surface area contributed by atoms with E-state index in [2.05, 4.69) is 0 Å². The van der Waals surface area contributed by atoms with Gasteiger partial charge in [-0.05, 0) is 12.5 Å². The van der Waals surface area contributed by atoms with Crippen LogP contribution in [0, 0.1) is 5.92 Å². The smallest absolute Gasteiger partial charge is 0.307 e. The van der Waals surface area contributed by atoms with Crippen LogP contribution in [0.25, 0.3) is 0 Å². The molecule has 0 amide bonds. The molecule has 0 heterocycles. The van der Waals surface area contributed by atoms with Crippen molar-refractivity contribution < 1.29 is 18.3 Å². The van der Waals surface area contributed by atoms with E-state index in [4.69, 9.17) is 5.11 Å². The number of hydrogen-bond acceptors (Lipinski definition) is 3. The van der Waals surface area contributed by atoms with Crippen LogP contribution in [0.3, 0.4) is 0 Å². The van der Waals surface area contributed by atoms with E-state index in [1.807, 2.05) is 6.07 Å². The summed E-state index contributed by atoms with van der Waals surface area (Å²) in [5, 5.41) is 8.06. The molecule has 1 N–H and O–H groups in total. The van der Waals surface area contributed by atoms with Crippen molar-refractivity contribution in [2.45, 2.75) is 19.1 Å². The molecule has 0 aliphatic carbocycles. The minimum atomic E-state index is -3.44. The summed E-state index contributed by atoms with van der Waals surface area (Å²) in [7, 11) is -3.44. The van der Waals surface area contributed by atoms with E-state index < -0.39 is 27.0 Å². The molecule has 0 aromatic heterocycles. The molecular formula is C12H16O4S. The van der Waals surface area contributed by atoms with Gasteiger partial charge in [0.25, 0.3) is 0 Å². The van der Waals surface area contributed by atoms with Gasteiger partial charge in [-0.2, -0.15) is 0 Å². The summed E-state index contributed by atoms with van der Waals surface area (Å²) >= 11 is 0. The first-order valence-electron chi connectivity index (χ1n) is 5.34. The van der Waals surface area contributed by atoms with Gasteiger partial charge in [0, 0.05) is 0 Å². The first kappa shape index (κ1) is 13.7. The summed E-state index contributed by atoms with van der Waals surface area (Å²) in [5.41, 5.74) is 0.685. The Hall–Kier alpha value is -1.36. The number of sulfone groups is 1. The first-order valence-corrected chi connectivity index (χ1v) is 7.05. The number of rotatable bonds is 5. The zero-order valence-electron chi connectivity index (χ0n) is 9.83. The van der Waals surface area contributed by atoms with Crippen LogP contribution < -0.4 is 0 Å². The van der Waals surface area contributed by atoms with Gasteiger partial charge in [-0.3, -0.25) is 4.79 Å². The standard InChI is InChI=1S/C12H16O4S/c1-9(12(13)14)8-17(15,16)10(2)11-6-4-3-5-7-11/h3-7,9-10H,8H2,1-2H3,(H,13,14)/t9-,10?/m1/s1. The van der Waals surface area contributed by atoms with Gasteiger partial charge in [-0.1, -0.05) is 37.3 Å². The van der Waals surface area contributed by atoms with Crippen LogP contribution in [0.1, 0.15) is 24.7 Å². The number of carboxylic acid groups (broad SMARTS) is 1. The van der Waals surface area contributed by atoms with Crippen molar-refractivity contribution in [1.29, 1.82) is 0 Å². The van der Waals surface area contributed by atoms with E-state index in [1.54, 1.807) is 31.2 Å². The van der Waals surface area contributed by atoms with E-state index in [1.165, 1.54) is 6.92 Å². The second kappa shape index (κ2) is 5.31. The Labute approximate surface area is 101 Å². The predicted octanol–water partition coefficient (Wildman–Crippen LogP) is 1.88. The highest BCUT2D eigenvalue weighted by Crippen LogP contribution is 2.23. The second-order valence-corrected chi connectivity index (χ2v) is 6.49. The molecule has 0 radical (unpaired) electrons. The van der Waals surface area contributed by atoms with Gasteiger partial charge >= 0.3 is 5.97 Å². The van der Waals surface area contributed by atoms with E-state index in [0.717, 1.165) is 0 Å². The summed E-state index contributed by atoms with van der Waals surface area (Å²) < 4.78 is 24.0. The number of hydrogen-bond donors (Lipinski definition) is 1. The molecule has 4 nitrogen and oxygen atoms in total. The van der Waals surface area contributed by atoms with Gasteiger partial charge in [0.1, 0.15) is 0 Å². The van der Waals surface area contributed by atoms with Crippen LogP contribution in [-0.4, -0.2) is 25.2 Å². The van der Waals surface area contributed by atoms with Gasteiger partial charge < -0.3 is 5.11 Å². The third-order valence-corrected chi connectivity index (χ3v) is 5.03. The van der Waals surface area contributed by atoms with Crippen molar-refractivity contribution in [3.63, 3.8) is 0 Å². The van der Waals surface area contributed by atoms with Gasteiger partial charge in [0.05, 0.1) is 16.9 Å². The molecular weight excluding hydrogens is 240 g/mol. The Morgan fingerprint density at radius 1 is 1.24 bits per heavy atom. The molecule has 0 bridgehead atoms. The van der Waals surface area contributed by atoms with Crippen molar-refractivity contribution in [2.24, 2.45) is 5.92 Å². The fraction of sp³-hybridized carbons (Fsp3) is 0.417. The minimum absolute atomic E-state index is 0.335. The van der Waals surface area contributed by atoms with E-state index in [9.17, 15) is 13.2 Å². The maximum absolute atomic E-state index is 12.0. The molecule has 1 rings (SSSR count). The molecule has 0 saturated carbocycles. The molecule has 17 heavy (non-hydrogen) atoms. The lowest BCUT2D eigenvalue weighted by molar-refractivity contribution is -0.140. The van der Waals surface area contributed by atoms with Crippen molar-refractivity contribution in [3.8, 4) is 0 Å². The third kappa shape index (κ3) is 3.56. The van der Waals surface area contributed by atoms with Gasteiger partial charge in [-0.25, -0.2) is 8.42 Å². The van der Waals surface area contributed by atoms with E-state index >= 15 is 0 Å². The molecule has 2 atom stereocenters. The molecule has 0 saturated heterocycles. The lowest BCUT2D eigenvalue weighted by Gasteiger charge is -2.14. The van der Waals surface area contributed by atoms with Crippen molar-refractivity contribution in [3.05, 3.63) is 35.9 Å². The molecule has 0 spiro atoms. The topological polar surface area (TPSA) is 71.4 Å². The number of aliphatic carboxylic acids is 1. The average Bonchev–Trinajstić information content (AvgIpc) is 2.28. The third-order valence-electron chi connectivity index (χ3n) is 2.71. The molecule has 0 fully saturated rings. The van der Waals surface area contributed by atoms with Crippen LogP contribution in [0.5, 0.6) is 0 Å². The highest BCUT2D eigenvalue weighted by atomic mass is 32.2. The van der Waals surface area contributed by atoms with Crippen LogP contribution in [0.15, 0.2) is 30.3 Å². The Balaban J connectivity index is 2.88. The van der Waals surface area contributed by atoms with Crippen LogP contribution in [0.2, 0.25) is 0 Å². The molecule has 1 aromatic rings. The van der Waals surface area contributed by atoms with E-state index in [0.29, 0.717) is 5.56 Å². The Morgan fingerprint density at radius 3 is 2.24 bits per heavy atom. The largest absolute Gasteiger partial charge is 0.481 e. The number of carbonyl (C=O) groups is 1. The van der Waals surface area contributed by atoms with Gasteiger partial charge in [0.15, 0.2) is 9.84 Å². The Morgan fingerprint density at radius 2 is 1.76 bits per heavy atom. The number of benzene rings is 1. The zero-order valence-corrected chi connectivity index (χ0v) is 10.6. The normalized spacial score (nSPS) is 15.2. The van der Waals surface area contributed by atoms with Crippen LogP contribution in [-0.2, 0) is 14.6 Å². The van der Waals surface area contributed by atoms with Crippen LogP contribution in [0.4, 0.5) is 0 Å². The monoisotopic (exact) mass is 256 g/mol. The fourth-order valence-electron chi connectivity index (χ4n) is 1.50. The molecule has 0 aliphatic rings. The summed E-state index contributed by atoms with van der Waals surface area (Å²) in [4.78, 5) is 10.7. The van der Waals surface area contributed by atoms with Crippen molar-refractivity contribution in [2.75, 3.05) is 5.75 Å². The summed E-state index contributed by atoms with van der Waals surface area (Å²) in [6.45, 7) is 2.98. The molecule has 0 aliphatic heterocycles. The number of carboxylic acids is 1. The Kier molecular flexibility index (Phi) is 4.28. The van der Waals surface area contributed by atoms with Crippen molar-refractivity contribution in [1.82, 2.24) is 0 Å². The van der Waals surface area contributed by atoms with Gasteiger partial charge in [-0.15, -0.1) is 0 Å². The molecule has 1 aromatic carbocycles. The minimum Gasteiger partial charge on any atom is -0.481 e. The highest BCUT2D eigenvalue weighted by Gasteiger charge is 2.27. The fourth-order valence-corrected chi connectivity index (χ4v) is 3.20. The average molecular weight is 256 g/mol. The first-order chi connectivity index (χ1) is 7.84. The predicted molar refractivity (Wildman–Crippen MR) is 65.4 cm³/mol. The maximum atomic E-state index is 12.0. The summed E-state index contributed by atoms with van der Waals surface area (Å²) in [6.07, 6.45) is 0. The SMILES string of the molecule is CC(c1ccccc1)S(=O)(=O)C[C@@H](C)C(=O)O. The zero-order chi connectivity index (χ0) is 13.1. The molecule has 94 valence electrons. The van der Waals surface area contributed by atoms with Crippen LogP contribution >= 0.6 is 0 Å². The van der Waals surface area contributed by atoms with Crippen molar-refractivity contribution >= 4 is 15.8 Å². The summed E-state index contributed by atoms with van der Waals surface area (Å²) in [5.74, 6) is -2.31. The molecule has 5 heteroatoms.